The minimum Gasteiger partial charge on any atom is -0.490 e. The number of ether oxygens (including phenoxy) is 2. The summed E-state index contributed by atoms with van der Waals surface area (Å²) in [7, 11) is 0. The number of aryl methyl sites for hydroxylation is 1. The van der Waals surface area contributed by atoms with E-state index in [9.17, 15) is 14.9 Å². The van der Waals surface area contributed by atoms with Crippen LogP contribution in [0.25, 0.3) is 0 Å². The molecule has 0 aromatic heterocycles. The predicted molar refractivity (Wildman–Crippen MR) is 85.3 cm³/mol. The van der Waals surface area contributed by atoms with Crippen LogP contribution in [0.2, 0.25) is 0 Å². The van der Waals surface area contributed by atoms with E-state index < -0.39 is 4.92 Å². The van der Waals surface area contributed by atoms with E-state index >= 15 is 0 Å². The molecule has 0 saturated carbocycles. The number of carbonyl (C=O) groups is 1. The van der Waals surface area contributed by atoms with Gasteiger partial charge in [0.25, 0.3) is 5.69 Å². The van der Waals surface area contributed by atoms with Gasteiger partial charge in [0.2, 0.25) is 0 Å². The largest absolute Gasteiger partial charge is 0.490 e. The Labute approximate surface area is 133 Å². The van der Waals surface area contributed by atoms with Gasteiger partial charge in [-0.1, -0.05) is 12.1 Å². The maximum Gasteiger partial charge on any atom is 0.272 e. The highest BCUT2D eigenvalue weighted by molar-refractivity contribution is 5.96. The molecule has 0 spiro atoms. The molecule has 0 saturated heterocycles. The van der Waals surface area contributed by atoms with Gasteiger partial charge in [0.1, 0.15) is 24.7 Å². The van der Waals surface area contributed by atoms with E-state index in [0.717, 1.165) is 0 Å². The molecule has 0 bridgehead atoms. The van der Waals surface area contributed by atoms with E-state index in [1.165, 1.54) is 13.0 Å². The van der Waals surface area contributed by atoms with Crippen molar-refractivity contribution >= 4 is 11.5 Å². The molecule has 120 valence electrons. The van der Waals surface area contributed by atoms with Crippen molar-refractivity contribution in [3.63, 3.8) is 0 Å². The Bertz CT molecular complexity index is 727. The van der Waals surface area contributed by atoms with Gasteiger partial charge in [-0.25, -0.2) is 0 Å². The van der Waals surface area contributed by atoms with Crippen molar-refractivity contribution in [3.8, 4) is 11.5 Å². The normalized spacial score (nSPS) is 10.2. The van der Waals surface area contributed by atoms with Crippen LogP contribution >= 0.6 is 0 Å². The molecule has 0 unspecified atom stereocenters. The zero-order chi connectivity index (χ0) is 16.8. The molecule has 0 aliphatic rings. The maximum atomic E-state index is 11.5. The van der Waals surface area contributed by atoms with Crippen molar-refractivity contribution in [1.29, 1.82) is 0 Å². The first-order valence-electron chi connectivity index (χ1n) is 7.09. The summed E-state index contributed by atoms with van der Waals surface area (Å²) in [5, 5.41) is 10.8. The van der Waals surface area contributed by atoms with Gasteiger partial charge in [-0.15, -0.1) is 0 Å². The molecule has 0 heterocycles. The molecule has 0 fully saturated rings. The van der Waals surface area contributed by atoms with Crippen molar-refractivity contribution in [2.75, 3.05) is 13.2 Å². The Morgan fingerprint density at radius 3 is 2.48 bits per heavy atom. The predicted octanol–water partition coefficient (Wildman–Crippen LogP) is 3.56. The number of nitrogens with zero attached hydrogens (tertiary/aromatic N) is 1. The molecule has 2 rings (SSSR count). The number of rotatable bonds is 7. The average molecular weight is 315 g/mol. The van der Waals surface area contributed by atoms with Crippen molar-refractivity contribution in [1.82, 2.24) is 0 Å². The zero-order valence-corrected chi connectivity index (χ0v) is 12.9. The fraction of sp³-hybridized carbons (Fsp3) is 0.235. The fourth-order valence-electron chi connectivity index (χ4n) is 2.12. The minimum atomic E-state index is -0.430. The second-order valence-corrected chi connectivity index (χ2v) is 4.95. The molecule has 0 amide bonds. The third kappa shape index (κ3) is 4.29. The van der Waals surface area contributed by atoms with Crippen LogP contribution in [0.5, 0.6) is 11.5 Å². The highest BCUT2D eigenvalue weighted by atomic mass is 16.6. The third-order valence-corrected chi connectivity index (χ3v) is 3.24. The van der Waals surface area contributed by atoms with E-state index in [1.807, 2.05) is 0 Å². The minimum absolute atomic E-state index is 0.0592. The lowest BCUT2D eigenvalue weighted by Crippen LogP contribution is -2.11. The summed E-state index contributed by atoms with van der Waals surface area (Å²) in [6.45, 7) is 3.67. The van der Waals surface area contributed by atoms with Crippen LogP contribution in [0.15, 0.2) is 42.5 Å². The second kappa shape index (κ2) is 7.40. The number of carbonyl (C=O) groups excluding carboxylic acids is 1. The van der Waals surface area contributed by atoms with Crippen molar-refractivity contribution in [3.05, 3.63) is 63.7 Å². The van der Waals surface area contributed by atoms with Gasteiger partial charge in [0, 0.05) is 11.6 Å². The van der Waals surface area contributed by atoms with Crippen LogP contribution in [0, 0.1) is 17.0 Å². The summed E-state index contributed by atoms with van der Waals surface area (Å²) >= 11 is 0. The fourth-order valence-corrected chi connectivity index (χ4v) is 2.12. The van der Waals surface area contributed by atoms with E-state index in [0.29, 0.717) is 22.6 Å². The van der Waals surface area contributed by atoms with E-state index in [4.69, 9.17) is 9.47 Å². The first-order valence-corrected chi connectivity index (χ1v) is 7.09. The maximum absolute atomic E-state index is 11.5. The van der Waals surface area contributed by atoms with Gasteiger partial charge in [-0.05, 0) is 38.1 Å². The molecular weight excluding hydrogens is 298 g/mol. The first kappa shape index (κ1) is 16.5. The van der Waals surface area contributed by atoms with Crippen molar-refractivity contribution in [2.24, 2.45) is 0 Å². The number of nitro groups is 1. The molecule has 0 N–H and O–H groups in total. The third-order valence-electron chi connectivity index (χ3n) is 3.24. The van der Waals surface area contributed by atoms with Crippen LogP contribution in [0.3, 0.4) is 0 Å². The van der Waals surface area contributed by atoms with Crippen molar-refractivity contribution in [2.45, 2.75) is 13.8 Å². The number of para-hydroxylation sites is 1. The summed E-state index contributed by atoms with van der Waals surface area (Å²) in [5.74, 6) is 0.993. The van der Waals surface area contributed by atoms with E-state index in [2.05, 4.69) is 0 Å². The molecule has 2 aromatic carbocycles. The second-order valence-electron chi connectivity index (χ2n) is 4.95. The number of ketones is 1. The molecular formula is C17H17NO5. The summed E-state index contributed by atoms with van der Waals surface area (Å²) in [4.78, 5) is 21.8. The molecule has 6 heteroatoms. The lowest BCUT2D eigenvalue weighted by atomic mass is 10.1. The zero-order valence-electron chi connectivity index (χ0n) is 12.9. The molecule has 0 aliphatic heterocycles. The Morgan fingerprint density at radius 1 is 1.13 bits per heavy atom. The van der Waals surface area contributed by atoms with Crippen LogP contribution in [0.1, 0.15) is 22.8 Å². The monoisotopic (exact) mass is 315 g/mol. The van der Waals surface area contributed by atoms with Gasteiger partial charge in [-0.2, -0.15) is 0 Å². The Kier molecular flexibility index (Phi) is 5.30. The van der Waals surface area contributed by atoms with Crippen LogP contribution in [-0.2, 0) is 0 Å². The molecule has 2 aromatic rings. The topological polar surface area (TPSA) is 78.7 Å². The Balaban J connectivity index is 1.90. The van der Waals surface area contributed by atoms with E-state index in [-0.39, 0.29) is 24.7 Å². The lowest BCUT2D eigenvalue weighted by molar-refractivity contribution is -0.385. The number of benzene rings is 2. The number of Topliss-reactive ketones (excluding diaryl/α,β-unsaturated/α-hetero) is 1. The van der Waals surface area contributed by atoms with Crippen molar-refractivity contribution < 1.29 is 19.2 Å². The van der Waals surface area contributed by atoms with Crippen LogP contribution in [-0.4, -0.2) is 23.9 Å². The standard InChI is InChI=1S/C17H17NO5/c1-12-11-14(7-8-16(12)18(20)21)22-9-10-23-17-6-4-3-5-15(17)13(2)19/h3-8,11H,9-10H2,1-2H3. The molecule has 0 atom stereocenters. The molecule has 6 nitrogen and oxygen atoms in total. The average Bonchev–Trinajstić information content (AvgIpc) is 2.51. The summed E-state index contributed by atoms with van der Waals surface area (Å²) in [5.41, 5.74) is 1.12. The highest BCUT2D eigenvalue weighted by Gasteiger charge is 2.11. The summed E-state index contributed by atoms with van der Waals surface area (Å²) in [6, 6.07) is 11.6. The van der Waals surface area contributed by atoms with Gasteiger partial charge < -0.3 is 9.47 Å². The molecule has 0 aliphatic carbocycles. The smallest absolute Gasteiger partial charge is 0.272 e. The van der Waals surface area contributed by atoms with Gasteiger partial charge in [-0.3, -0.25) is 14.9 Å². The Morgan fingerprint density at radius 2 is 1.83 bits per heavy atom. The van der Waals surface area contributed by atoms with Gasteiger partial charge in [0.05, 0.1) is 10.5 Å². The van der Waals surface area contributed by atoms with Crippen LogP contribution < -0.4 is 9.47 Å². The molecule has 0 radical (unpaired) electrons. The van der Waals surface area contributed by atoms with Crippen LogP contribution in [0.4, 0.5) is 5.69 Å². The summed E-state index contributed by atoms with van der Waals surface area (Å²) < 4.78 is 11.1. The Hall–Kier alpha value is -2.89. The highest BCUT2D eigenvalue weighted by Crippen LogP contribution is 2.23. The lowest BCUT2D eigenvalue weighted by Gasteiger charge is -2.11. The quantitative estimate of drug-likeness (QED) is 0.338. The number of hydrogen-bond donors (Lipinski definition) is 0. The first-order chi connectivity index (χ1) is 11.0. The van der Waals surface area contributed by atoms with Gasteiger partial charge >= 0.3 is 0 Å². The number of nitro benzene ring substituents is 1. The summed E-state index contributed by atoms with van der Waals surface area (Å²) in [6.07, 6.45) is 0. The number of hydrogen-bond acceptors (Lipinski definition) is 5. The van der Waals surface area contributed by atoms with E-state index in [1.54, 1.807) is 43.3 Å². The molecule has 23 heavy (non-hydrogen) atoms. The SMILES string of the molecule is CC(=O)c1ccccc1OCCOc1ccc([N+](=O)[O-])c(C)c1. The van der Waals surface area contributed by atoms with Gasteiger partial charge in [0.15, 0.2) is 5.78 Å².